The van der Waals surface area contributed by atoms with Crippen LogP contribution < -0.4 is 4.74 Å². The Bertz CT molecular complexity index is 561. The van der Waals surface area contributed by atoms with E-state index in [4.69, 9.17) is 4.84 Å². The average molecular weight is 340 g/mol. The van der Waals surface area contributed by atoms with E-state index in [0.29, 0.717) is 5.56 Å². The molecule has 0 aromatic heterocycles. The Kier molecular flexibility index (Phi) is 6.96. The maximum Gasteiger partial charge on any atom is 0.387 e. The summed E-state index contributed by atoms with van der Waals surface area (Å²) in [6.07, 6.45) is 6.79. The number of halogens is 2. The molecule has 5 nitrogen and oxygen atoms in total. The number of hydrogen-bond donors (Lipinski definition) is 0. The summed E-state index contributed by atoms with van der Waals surface area (Å²) in [4.78, 5) is 18.8. The van der Waals surface area contributed by atoms with Crippen LogP contribution in [0.15, 0.2) is 29.4 Å². The standard InChI is InChI=1S/C17H22F2N2O3/c1-21(14-8-3-2-4-9-14)16(22)12-23-20-11-13-7-5-6-10-15(13)24-17(18)19/h5-7,10-11,14,17H,2-4,8-9,12H2,1H3/b20-11+. The highest BCUT2D eigenvalue weighted by Gasteiger charge is 2.22. The van der Waals surface area contributed by atoms with Crippen LogP contribution in [0.1, 0.15) is 37.7 Å². The predicted molar refractivity (Wildman–Crippen MR) is 86.3 cm³/mol. The van der Waals surface area contributed by atoms with Gasteiger partial charge in [0.1, 0.15) is 5.75 Å². The van der Waals surface area contributed by atoms with E-state index in [1.54, 1.807) is 30.1 Å². The fourth-order valence-electron chi connectivity index (χ4n) is 2.75. The number of benzene rings is 1. The quantitative estimate of drug-likeness (QED) is 0.564. The molecule has 1 fully saturated rings. The second-order valence-electron chi connectivity index (χ2n) is 5.72. The number of hydrogen-bond acceptors (Lipinski definition) is 4. The van der Waals surface area contributed by atoms with E-state index < -0.39 is 6.61 Å². The molecular weight excluding hydrogens is 318 g/mol. The van der Waals surface area contributed by atoms with Gasteiger partial charge >= 0.3 is 6.61 Å². The first-order chi connectivity index (χ1) is 11.6. The van der Waals surface area contributed by atoms with Gasteiger partial charge in [0.05, 0.1) is 6.21 Å². The summed E-state index contributed by atoms with van der Waals surface area (Å²) < 4.78 is 29.0. The summed E-state index contributed by atoms with van der Waals surface area (Å²) in [5.74, 6) is -0.137. The number of oxime groups is 1. The van der Waals surface area contributed by atoms with Crippen molar-refractivity contribution in [2.24, 2.45) is 5.16 Å². The number of likely N-dealkylation sites (N-methyl/N-ethyl adjacent to an activating group) is 1. The molecule has 1 aliphatic carbocycles. The number of alkyl halides is 2. The van der Waals surface area contributed by atoms with Crippen LogP contribution in [0.4, 0.5) is 8.78 Å². The number of amides is 1. The van der Waals surface area contributed by atoms with Crippen molar-refractivity contribution >= 4 is 12.1 Å². The molecule has 0 atom stereocenters. The lowest BCUT2D eigenvalue weighted by Crippen LogP contribution is -2.40. The number of para-hydroxylation sites is 1. The minimum atomic E-state index is -2.91. The highest BCUT2D eigenvalue weighted by molar-refractivity contribution is 5.83. The molecular formula is C17H22F2N2O3. The molecule has 132 valence electrons. The Labute approximate surface area is 140 Å². The lowest BCUT2D eigenvalue weighted by atomic mass is 9.94. The van der Waals surface area contributed by atoms with Crippen LogP contribution in [0.5, 0.6) is 5.75 Å². The van der Waals surface area contributed by atoms with Crippen LogP contribution in [0, 0.1) is 0 Å². The van der Waals surface area contributed by atoms with E-state index in [1.807, 2.05) is 0 Å². The zero-order valence-electron chi connectivity index (χ0n) is 13.7. The molecule has 1 aliphatic rings. The minimum Gasteiger partial charge on any atom is -0.434 e. The summed E-state index contributed by atoms with van der Waals surface area (Å²) in [5, 5.41) is 3.68. The van der Waals surface area contributed by atoms with E-state index >= 15 is 0 Å². The van der Waals surface area contributed by atoms with Crippen LogP contribution in [-0.4, -0.2) is 43.3 Å². The molecule has 0 aliphatic heterocycles. The monoisotopic (exact) mass is 340 g/mol. The summed E-state index contributed by atoms with van der Waals surface area (Å²) in [7, 11) is 1.77. The van der Waals surface area contributed by atoms with Gasteiger partial charge in [-0.05, 0) is 25.0 Å². The Morgan fingerprint density at radius 3 is 2.75 bits per heavy atom. The van der Waals surface area contributed by atoms with E-state index in [0.717, 1.165) is 25.7 Å². The first kappa shape index (κ1) is 18.2. The van der Waals surface area contributed by atoms with Gasteiger partial charge in [0, 0.05) is 18.7 Å². The number of nitrogens with zero attached hydrogens (tertiary/aromatic N) is 2. The van der Waals surface area contributed by atoms with Crippen molar-refractivity contribution in [2.45, 2.75) is 44.8 Å². The lowest BCUT2D eigenvalue weighted by molar-refractivity contribution is -0.137. The van der Waals surface area contributed by atoms with Gasteiger partial charge in [-0.15, -0.1) is 0 Å². The molecule has 1 aromatic carbocycles. The van der Waals surface area contributed by atoms with Gasteiger partial charge in [-0.3, -0.25) is 4.79 Å². The molecule has 0 radical (unpaired) electrons. The van der Waals surface area contributed by atoms with Crippen LogP contribution in [-0.2, 0) is 9.63 Å². The molecule has 1 amide bonds. The highest BCUT2D eigenvalue weighted by Crippen LogP contribution is 2.21. The second-order valence-corrected chi connectivity index (χ2v) is 5.72. The summed E-state index contributed by atoms with van der Waals surface area (Å²) in [5.41, 5.74) is 0.353. The number of carbonyl (C=O) groups is 1. The van der Waals surface area contributed by atoms with Gasteiger partial charge in [-0.2, -0.15) is 8.78 Å². The summed E-state index contributed by atoms with van der Waals surface area (Å²) in [6.45, 7) is -3.09. The Morgan fingerprint density at radius 1 is 1.33 bits per heavy atom. The molecule has 24 heavy (non-hydrogen) atoms. The Hall–Kier alpha value is -2.18. The zero-order chi connectivity index (χ0) is 17.4. The molecule has 2 rings (SSSR count). The van der Waals surface area contributed by atoms with Gasteiger partial charge in [0.15, 0.2) is 6.61 Å². The van der Waals surface area contributed by atoms with Gasteiger partial charge in [-0.1, -0.05) is 36.6 Å². The van der Waals surface area contributed by atoms with Crippen molar-refractivity contribution in [3.63, 3.8) is 0 Å². The van der Waals surface area contributed by atoms with Crippen molar-refractivity contribution in [3.05, 3.63) is 29.8 Å². The van der Waals surface area contributed by atoms with Gasteiger partial charge < -0.3 is 14.5 Å². The molecule has 1 saturated carbocycles. The molecule has 0 saturated heterocycles. The fourth-order valence-corrected chi connectivity index (χ4v) is 2.75. The third-order valence-electron chi connectivity index (χ3n) is 4.11. The maximum atomic E-state index is 12.3. The van der Waals surface area contributed by atoms with Crippen molar-refractivity contribution in [1.82, 2.24) is 4.90 Å². The van der Waals surface area contributed by atoms with Crippen molar-refractivity contribution in [2.75, 3.05) is 13.7 Å². The van der Waals surface area contributed by atoms with Crippen LogP contribution in [0.25, 0.3) is 0 Å². The predicted octanol–water partition coefficient (Wildman–Crippen LogP) is 3.43. The molecule has 0 spiro atoms. The summed E-state index contributed by atoms with van der Waals surface area (Å²) in [6, 6.07) is 6.50. The highest BCUT2D eigenvalue weighted by atomic mass is 19.3. The second kappa shape index (κ2) is 9.20. The number of carbonyl (C=O) groups excluding carboxylic acids is 1. The van der Waals surface area contributed by atoms with Crippen molar-refractivity contribution in [3.8, 4) is 5.75 Å². The average Bonchev–Trinajstić information content (AvgIpc) is 2.59. The maximum absolute atomic E-state index is 12.3. The fraction of sp³-hybridized carbons (Fsp3) is 0.529. The molecule has 0 N–H and O–H groups in total. The largest absolute Gasteiger partial charge is 0.434 e. The van der Waals surface area contributed by atoms with Crippen molar-refractivity contribution < 1.29 is 23.1 Å². The summed E-state index contributed by atoms with van der Waals surface area (Å²) >= 11 is 0. The van der Waals surface area contributed by atoms with E-state index in [9.17, 15) is 13.6 Å². The molecule has 0 heterocycles. The molecule has 1 aromatic rings. The van der Waals surface area contributed by atoms with Gasteiger partial charge in [0.25, 0.3) is 5.91 Å². The Morgan fingerprint density at radius 2 is 2.04 bits per heavy atom. The first-order valence-electron chi connectivity index (χ1n) is 8.02. The van der Waals surface area contributed by atoms with Crippen LogP contribution >= 0.6 is 0 Å². The smallest absolute Gasteiger partial charge is 0.387 e. The van der Waals surface area contributed by atoms with Gasteiger partial charge in [0.2, 0.25) is 0 Å². The van der Waals surface area contributed by atoms with Gasteiger partial charge in [-0.25, -0.2) is 0 Å². The third kappa shape index (κ3) is 5.47. The molecule has 0 bridgehead atoms. The van der Waals surface area contributed by atoms with Crippen molar-refractivity contribution in [1.29, 1.82) is 0 Å². The SMILES string of the molecule is CN(C(=O)CO/N=C/c1ccccc1OC(F)F)C1CCCCC1. The topological polar surface area (TPSA) is 51.1 Å². The Balaban J connectivity index is 1.82. The van der Waals surface area contributed by atoms with E-state index in [1.165, 1.54) is 18.7 Å². The lowest BCUT2D eigenvalue weighted by Gasteiger charge is -2.30. The minimum absolute atomic E-state index is 0.00509. The van der Waals surface area contributed by atoms with Crippen LogP contribution in [0.2, 0.25) is 0 Å². The third-order valence-corrected chi connectivity index (χ3v) is 4.11. The first-order valence-corrected chi connectivity index (χ1v) is 8.02. The number of ether oxygens (including phenoxy) is 1. The molecule has 0 unspecified atom stereocenters. The zero-order valence-corrected chi connectivity index (χ0v) is 13.7. The normalized spacial score (nSPS) is 15.7. The number of rotatable bonds is 7. The van der Waals surface area contributed by atoms with E-state index in [-0.39, 0.29) is 24.3 Å². The molecule has 7 heteroatoms. The van der Waals surface area contributed by atoms with E-state index in [2.05, 4.69) is 9.89 Å². The van der Waals surface area contributed by atoms with Crippen LogP contribution in [0.3, 0.4) is 0 Å².